The first-order chi connectivity index (χ1) is 9.24. The molecule has 3 nitrogen and oxygen atoms in total. The molecule has 1 heterocycles. The van der Waals surface area contributed by atoms with Crippen LogP contribution in [0.4, 0.5) is 0 Å². The fraction of sp³-hybridized carbons (Fsp3) is 0.400. The molecular formula is C15H21N3S. The first-order valence-corrected chi connectivity index (χ1v) is 7.09. The lowest BCUT2D eigenvalue weighted by molar-refractivity contribution is 0.157. The summed E-state index contributed by atoms with van der Waals surface area (Å²) in [5.41, 5.74) is 6.83. The molecule has 0 saturated carbocycles. The van der Waals surface area contributed by atoms with E-state index in [0.29, 0.717) is 4.99 Å². The molecule has 1 fully saturated rings. The van der Waals surface area contributed by atoms with Crippen molar-refractivity contribution < 1.29 is 0 Å². The summed E-state index contributed by atoms with van der Waals surface area (Å²) in [7, 11) is 0. The predicted octanol–water partition coefficient (Wildman–Crippen LogP) is 1.60. The Balaban J connectivity index is 1.71. The zero-order valence-electron chi connectivity index (χ0n) is 11.2. The fourth-order valence-corrected chi connectivity index (χ4v) is 2.43. The second kappa shape index (κ2) is 7.38. The number of benzene rings is 1. The van der Waals surface area contributed by atoms with Crippen LogP contribution in [0.3, 0.4) is 0 Å². The summed E-state index contributed by atoms with van der Waals surface area (Å²) in [6, 6.07) is 10.4. The first-order valence-electron chi connectivity index (χ1n) is 6.68. The molecule has 1 saturated heterocycles. The summed E-state index contributed by atoms with van der Waals surface area (Å²) in [5, 5.41) is 0. The molecule has 1 aliphatic heterocycles. The van der Waals surface area contributed by atoms with E-state index in [0.717, 1.165) is 39.3 Å². The molecule has 0 atom stereocenters. The summed E-state index contributed by atoms with van der Waals surface area (Å²) in [6.45, 7) is 6.04. The minimum atomic E-state index is 0.595. The minimum absolute atomic E-state index is 0.595. The van der Waals surface area contributed by atoms with Gasteiger partial charge in [-0.1, -0.05) is 54.7 Å². The predicted molar refractivity (Wildman–Crippen MR) is 85.1 cm³/mol. The van der Waals surface area contributed by atoms with E-state index < -0.39 is 0 Å². The third-order valence-electron chi connectivity index (χ3n) is 3.32. The lowest BCUT2D eigenvalue weighted by Crippen LogP contribution is -2.48. The molecule has 0 amide bonds. The Morgan fingerprint density at radius 2 is 1.74 bits per heavy atom. The van der Waals surface area contributed by atoms with E-state index in [1.807, 2.05) is 6.07 Å². The van der Waals surface area contributed by atoms with Crippen molar-refractivity contribution >= 4 is 23.3 Å². The minimum Gasteiger partial charge on any atom is -0.392 e. The Morgan fingerprint density at radius 1 is 1.11 bits per heavy atom. The van der Waals surface area contributed by atoms with Crippen molar-refractivity contribution in [3.63, 3.8) is 0 Å². The maximum absolute atomic E-state index is 5.57. The van der Waals surface area contributed by atoms with Crippen molar-refractivity contribution in [1.29, 1.82) is 0 Å². The van der Waals surface area contributed by atoms with Crippen LogP contribution in [0, 0.1) is 0 Å². The van der Waals surface area contributed by atoms with E-state index in [4.69, 9.17) is 18.0 Å². The SMILES string of the molecule is NC(=S)CN1CCN(C/C=C/c2ccccc2)CC1. The van der Waals surface area contributed by atoms with Crippen LogP contribution in [-0.2, 0) is 0 Å². The van der Waals surface area contributed by atoms with Crippen molar-refractivity contribution in [2.45, 2.75) is 0 Å². The number of nitrogens with two attached hydrogens (primary N) is 1. The van der Waals surface area contributed by atoms with Gasteiger partial charge in [0.15, 0.2) is 0 Å². The normalized spacial score (nSPS) is 17.9. The highest BCUT2D eigenvalue weighted by Crippen LogP contribution is 2.04. The van der Waals surface area contributed by atoms with Gasteiger partial charge in [0, 0.05) is 39.3 Å². The molecule has 0 radical (unpaired) electrons. The van der Waals surface area contributed by atoms with Gasteiger partial charge in [0.05, 0.1) is 4.99 Å². The van der Waals surface area contributed by atoms with Gasteiger partial charge in [-0.3, -0.25) is 9.80 Å². The standard InChI is InChI=1S/C15H21N3S/c16-15(19)13-18-11-9-17(10-12-18)8-4-7-14-5-2-1-3-6-14/h1-7H,8-13H2,(H2,16,19)/b7-4+. The van der Waals surface area contributed by atoms with Crippen molar-refractivity contribution in [2.24, 2.45) is 5.73 Å². The van der Waals surface area contributed by atoms with Crippen LogP contribution in [-0.4, -0.2) is 54.1 Å². The van der Waals surface area contributed by atoms with E-state index in [2.05, 4.69) is 46.2 Å². The molecule has 2 rings (SSSR count). The van der Waals surface area contributed by atoms with Gasteiger partial charge < -0.3 is 5.73 Å². The first kappa shape index (κ1) is 14.2. The molecule has 19 heavy (non-hydrogen) atoms. The van der Waals surface area contributed by atoms with E-state index in [1.54, 1.807) is 0 Å². The molecule has 1 aromatic carbocycles. The Kier molecular flexibility index (Phi) is 5.51. The average molecular weight is 275 g/mol. The fourth-order valence-electron chi connectivity index (χ4n) is 2.25. The second-order valence-corrected chi connectivity index (χ2v) is 5.38. The number of piperazine rings is 1. The van der Waals surface area contributed by atoms with Gasteiger partial charge in [-0.2, -0.15) is 0 Å². The molecule has 0 unspecified atom stereocenters. The number of hydrogen-bond donors (Lipinski definition) is 1. The topological polar surface area (TPSA) is 32.5 Å². The largest absolute Gasteiger partial charge is 0.392 e. The molecule has 0 aliphatic carbocycles. The number of rotatable bonds is 5. The maximum Gasteiger partial charge on any atom is 0.0870 e. The third-order valence-corrected chi connectivity index (χ3v) is 3.45. The molecule has 0 spiro atoms. The summed E-state index contributed by atoms with van der Waals surface area (Å²) >= 11 is 4.94. The maximum atomic E-state index is 5.57. The van der Waals surface area contributed by atoms with Crippen molar-refractivity contribution in [3.05, 3.63) is 42.0 Å². The Morgan fingerprint density at radius 3 is 2.37 bits per heavy atom. The summed E-state index contributed by atoms with van der Waals surface area (Å²) < 4.78 is 0. The van der Waals surface area contributed by atoms with Crippen LogP contribution in [0.25, 0.3) is 6.08 Å². The van der Waals surface area contributed by atoms with Gasteiger partial charge in [-0.05, 0) is 5.56 Å². The zero-order chi connectivity index (χ0) is 13.5. The van der Waals surface area contributed by atoms with Gasteiger partial charge in [0.25, 0.3) is 0 Å². The van der Waals surface area contributed by atoms with Crippen LogP contribution >= 0.6 is 12.2 Å². The van der Waals surface area contributed by atoms with Crippen LogP contribution in [0.5, 0.6) is 0 Å². The summed E-state index contributed by atoms with van der Waals surface area (Å²) in [4.78, 5) is 5.37. The lowest BCUT2D eigenvalue weighted by atomic mass is 10.2. The Labute approximate surface area is 120 Å². The molecule has 102 valence electrons. The smallest absolute Gasteiger partial charge is 0.0870 e. The van der Waals surface area contributed by atoms with E-state index in [1.165, 1.54) is 5.56 Å². The van der Waals surface area contributed by atoms with Crippen LogP contribution < -0.4 is 5.73 Å². The number of nitrogens with zero attached hydrogens (tertiary/aromatic N) is 2. The van der Waals surface area contributed by atoms with Crippen LogP contribution in [0.15, 0.2) is 36.4 Å². The third kappa shape index (κ3) is 5.11. The second-order valence-electron chi connectivity index (χ2n) is 4.86. The molecule has 1 aromatic rings. The monoisotopic (exact) mass is 275 g/mol. The Bertz CT molecular complexity index is 422. The molecular weight excluding hydrogens is 254 g/mol. The zero-order valence-corrected chi connectivity index (χ0v) is 12.0. The van der Waals surface area contributed by atoms with Crippen molar-refractivity contribution in [3.8, 4) is 0 Å². The van der Waals surface area contributed by atoms with Crippen LogP contribution in [0.1, 0.15) is 5.56 Å². The highest BCUT2D eigenvalue weighted by molar-refractivity contribution is 7.80. The van der Waals surface area contributed by atoms with E-state index >= 15 is 0 Å². The Hall–Kier alpha value is -1.23. The molecule has 4 heteroatoms. The van der Waals surface area contributed by atoms with Crippen LogP contribution in [0.2, 0.25) is 0 Å². The van der Waals surface area contributed by atoms with Gasteiger partial charge >= 0.3 is 0 Å². The number of thiocarbonyl (C=S) groups is 1. The van der Waals surface area contributed by atoms with Gasteiger partial charge in [0.2, 0.25) is 0 Å². The van der Waals surface area contributed by atoms with Gasteiger partial charge in [-0.25, -0.2) is 0 Å². The number of hydrogen-bond acceptors (Lipinski definition) is 3. The molecule has 2 N–H and O–H groups in total. The lowest BCUT2D eigenvalue weighted by Gasteiger charge is -2.33. The summed E-state index contributed by atoms with van der Waals surface area (Å²) in [6.07, 6.45) is 4.42. The van der Waals surface area contributed by atoms with E-state index in [9.17, 15) is 0 Å². The average Bonchev–Trinajstić information content (AvgIpc) is 2.41. The molecule has 0 aromatic heterocycles. The molecule has 0 bridgehead atoms. The van der Waals surface area contributed by atoms with E-state index in [-0.39, 0.29) is 0 Å². The highest BCUT2D eigenvalue weighted by atomic mass is 32.1. The highest BCUT2D eigenvalue weighted by Gasteiger charge is 2.15. The quantitative estimate of drug-likeness (QED) is 0.828. The van der Waals surface area contributed by atoms with Gasteiger partial charge in [-0.15, -0.1) is 0 Å². The molecule has 1 aliphatic rings. The van der Waals surface area contributed by atoms with Crippen molar-refractivity contribution in [1.82, 2.24) is 9.80 Å². The van der Waals surface area contributed by atoms with Crippen molar-refractivity contribution in [2.75, 3.05) is 39.3 Å². The van der Waals surface area contributed by atoms with Gasteiger partial charge in [0.1, 0.15) is 0 Å². The summed E-state index contributed by atoms with van der Waals surface area (Å²) in [5.74, 6) is 0.